The van der Waals surface area contributed by atoms with Gasteiger partial charge in [0.15, 0.2) is 0 Å². The Morgan fingerprint density at radius 3 is 2.50 bits per heavy atom. The molecule has 2 rings (SSSR count). The van der Waals surface area contributed by atoms with Crippen LogP contribution in [0.4, 0.5) is 4.39 Å². The highest BCUT2D eigenvalue weighted by atomic mass is 19.1. The van der Waals surface area contributed by atoms with Crippen molar-refractivity contribution in [2.45, 2.75) is 45.2 Å². The first-order chi connectivity index (χ1) is 9.45. The first-order valence-electron chi connectivity index (χ1n) is 7.61. The standard InChI is InChI=1S/C17H27FN2/c1-13-7-14(2)10-17(9-13,12-19)20(3)11-15-5-4-6-16(18)8-15/h4-6,8,13-14H,7,9-12,19H2,1-3H3. The summed E-state index contributed by atoms with van der Waals surface area (Å²) < 4.78 is 13.3. The van der Waals surface area contributed by atoms with E-state index in [-0.39, 0.29) is 11.4 Å². The van der Waals surface area contributed by atoms with E-state index in [9.17, 15) is 4.39 Å². The average Bonchev–Trinajstić information content (AvgIpc) is 2.37. The van der Waals surface area contributed by atoms with E-state index in [0.717, 1.165) is 24.9 Å². The number of rotatable bonds is 4. The molecule has 0 aliphatic heterocycles. The van der Waals surface area contributed by atoms with Gasteiger partial charge in [-0.15, -0.1) is 0 Å². The third-order valence-corrected chi connectivity index (χ3v) is 4.76. The van der Waals surface area contributed by atoms with E-state index in [1.165, 1.54) is 12.5 Å². The van der Waals surface area contributed by atoms with E-state index in [1.807, 2.05) is 6.07 Å². The average molecular weight is 278 g/mol. The van der Waals surface area contributed by atoms with Crippen molar-refractivity contribution in [2.24, 2.45) is 17.6 Å². The maximum absolute atomic E-state index is 13.3. The van der Waals surface area contributed by atoms with Crippen LogP contribution in [0.15, 0.2) is 24.3 Å². The Morgan fingerprint density at radius 2 is 1.95 bits per heavy atom. The number of nitrogens with two attached hydrogens (primary N) is 1. The summed E-state index contributed by atoms with van der Waals surface area (Å²) in [5.74, 6) is 1.25. The van der Waals surface area contributed by atoms with Crippen LogP contribution in [-0.2, 0) is 6.54 Å². The van der Waals surface area contributed by atoms with Crippen LogP contribution in [0.25, 0.3) is 0 Å². The van der Waals surface area contributed by atoms with Crippen LogP contribution < -0.4 is 5.73 Å². The van der Waals surface area contributed by atoms with Gasteiger partial charge in [-0.2, -0.15) is 0 Å². The fourth-order valence-corrected chi connectivity index (χ4v) is 3.95. The maximum Gasteiger partial charge on any atom is 0.123 e. The van der Waals surface area contributed by atoms with E-state index < -0.39 is 0 Å². The highest BCUT2D eigenvalue weighted by Crippen LogP contribution is 2.39. The molecule has 1 aromatic rings. The molecule has 2 atom stereocenters. The molecule has 1 aliphatic rings. The zero-order chi connectivity index (χ0) is 14.8. The highest BCUT2D eigenvalue weighted by molar-refractivity contribution is 5.16. The fraction of sp³-hybridized carbons (Fsp3) is 0.647. The third-order valence-electron chi connectivity index (χ3n) is 4.76. The molecule has 2 unspecified atom stereocenters. The van der Waals surface area contributed by atoms with E-state index in [4.69, 9.17) is 5.73 Å². The first kappa shape index (κ1) is 15.5. The summed E-state index contributed by atoms with van der Waals surface area (Å²) in [5.41, 5.74) is 7.21. The van der Waals surface area contributed by atoms with Gasteiger partial charge in [0.25, 0.3) is 0 Å². The van der Waals surface area contributed by atoms with Crippen LogP contribution in [0.2, 0.25) is 0 Å². The molecule has 1 fully saturated rings. The van der Waals surface area contributed by atoms with Gasteiger partial charge in [-0.05, 0) is 55.8 Å². The zero-order valence-corrected chi connectivity index (χ0v) is 12.9. The van der Waals surface area contributed by atoms with Crippen LogP contribution in [0.5, 0.6) is 0 Å². The molecule has 2 nitrogen and oxygen atoms in total. The van der Waals surface area contributed by atoms with Crippen molar-refractivity contribution in [3.8, 4) is 0 Å². The zero-order valence-electron chi connectivity index (χ0n) is 12.9. The SMILES string of the molecule is CC1CC(C)CC(CN)(N(C)Cc2cccc(F)c2)C1. The molecule has 0 aromatic heterocycles. The van der Waals surface area contributed by atoms with Gasteiger partial charge in [0.05, 0.1) is 0 Å². The van der Waals surface area contributed by atoms with Crippen molar-refractivity contribution in [2.75, 3.05) is 13.6 Å². The summed E-state index contributed by atoms with van der Waals surface area (Å²) in [6.45, 7) is 6.06. The van der Waals surface area contributed by atoms with Crippen LogP contribution in [-0.4, -0.2) is 24.0 Å². The van der Waals surface area contributed by atoms with Gasteiger partial charge in [0.1, 0.15) is 5.82 Å². The Balaban J connectivity index is 2.14. The lowest BCUT2D eigenvalue weighted by Crippen LogP contribution is -2.55. The predicted molar refractivity (Wildman–Crippen MR) is 81.8 cm³/mol. The van der Waals surface area contributed by atoms with Gasteiger partial charge < -0.3 is 5.73 Å². The summed E-state index contributed by atoms with van der Waals surface area (Å²) in [6.07, 6.45) is 3.56. The Kier molecular flexibility index (Phi) is 4.82. The molecule has 0 radical (unpaired) electrons. The minimum Gasteiger partial charge on any atom is -0.329 e. The lowest BCUT2D eigenvalue weighted by atomic mass is 9.70. The van der Waals surface area contributed by atoms with Crippen LogP contribution in [0.1, 0.15) is 38.7 Å². The molecule has 3 heteroatoms. The molecule has 2 N–H and O–H groups in total. The largest absolute Gasteiger partial charge is 0.329 e. The van der Waals surface area contributed by atoms with Gasteiger partial charge in [0.2, 0.25) is 0 Å². The minimum atomic E-state index is -0.164. The summed E-state index contributed by atoms with van der Waals surface area (Å²) in [6, 6.07) is 6.88. The van der Waals surface area contributed by atoms with Crippen molar-refractivity contribution in [3.63, 3.8) is 0 Å². The monoisotopic (exact) mass is 278 g/mol. The Bertz CT molecular complexity index is 436. The van der Waals surface area contributed by atoms with E-state index in [0.29, 0.717) is 18.4 Å². The number of likely N-dealkylation sites (N-methyl/N-ethyl adjacent to an activating group) is 1. The van der Waals surface area contributed by atoms with Crippen LogP contribution in [0, 0.1) is 17.7 Å². The van der Waals surface area contributed by atoms with Crippen LogP contribution in [0.3, 0.4) is 0 Å². The molecule has 20 heavy (non-hydrogen) atoms. The van der Waals surface area contributed by atoms with Crippen molar-refractivity contribution >= 4 is 0 Å². The Hall–Kier alpha value is -0.930. The number of benzene rings is 1. The second-order valence-corrected chi connectivity index (χ2v) is 6.77. The fourth-order valence-electron chi connectivity index (χ4n) is 3.95. The topological polar surface area (TPSA) is 29.3 Å². The van der Waals surface area contributed by atoms with Crippen molar-refractivity contribution < 1.29 is 4.39 Å². The molecule has 1 aliphatic carbocycles. The van der Waals surface area contributed by atoms with E-state index in [2.05, 4.69) is 25.8 Å². The normalized spacial score (nSPS) is 30.7. The van der Waals surface area contributed by atoms with Crippen LogP contribution >= 0.6 is 0 Å². The Morgan fingerprint density at radius 1 is 1.30 bits per heavy atom. The van der Waals surface area contributed by atoms with Crippen molar-refractivity contribution in [3.05, 3.63) is 35.6 Å². The highest BCUT2D eigenvalue weighted by Gasteiger charge is 2.39. The molecule has 1 saturated carbocycles. The second-order valence-electron chi connectivity index (χ2n) is 6.77. The molecular formula is C17H27FN2. The smallest absolute Gasteiger partial charge is 0.123 e. The number of hydrogen-bond donors (Lipinski definition) is 1. The molecule has 0 heterocycles. The summed E-state index contributed by atoms with van der Waals surface area (Å²) in [7, 11) is 2.13. The van der Waals surface area contributed by atoms with Gasteiger partial charge >= 0.3 is 0 Å². The maximum atomic E-state index is 13.3. The molecule has 0 saturated heterocycles. The lowest BCUT2D eigenvalue weighted by Gasteiger charge is -2.48. The van der Waals surface area contributed by atoms with Crippen molar-refractivity contribution in [1.29, 1.82) is 0 Å². The first-order valence-corrected chi connectivity index (χ1v) is 7.61. The number of halogens is 1. The molecule has 0 bridgehead atoms. The summed E-state index contributed by atoms with van der Waals surface area (Å²) >= 11 is 0. The number of nitrogens with zero attached hydrogens (tertiary/aromatic N) is 1. The van der Waals surface area contributed by atoms with Gasteiger partial charge in [-0.1, -0.05) is 26.0 Å². The Labute approximate surface area is 122 Å². The molecule has 0 amide bonds. The molecule has 0 spiro atoms. The van der Waals surface area contributed by atoms with E-state index in [1.54, 1.807) is 12.1 Å². The quantitative estimate of drug-likeness (QED) is 0.914. The predicted octanol–water partition coefficient (Wildman–Crippen LogP) is 3.41. The van der Waals surface area contributed by atoms with Gasteiger partial charge in [-0.3, -0.25) is 4.90 Å². The molecular weight excluding hydrogens is 251 g/mol. The van der Waals surface area contributed by atoms with Crippen molar-refractivity contribution in [1.82, 2.24) is 4.90 Å². The molecule has 1 aromatic carbocycles. The third kappa shape index (κ3) is 3.39. The second kappa shape index (κ2) is 6.23. The van der Waals surface area contributed by atoms with E-state index >= 15 is 0 Å². The van der Waals surface area contributed by atoms with Gasteiger partial charge in [0, 0.05) is 18.6 Å². The lowest BCUT2D eigenvalue weighted by molar-refractivity contribution is 0.0332. The summed E-state index contributed by atoms with van der Waals surface area (Å²) in [5, 5.41) is 0. The number of hydrogen-bond acceptors (Lipinski definition) is 2. The van der Waals surface area contributed by atoms with Gasteiger partial charge in [-0.25, -0.2) is 4.39 Å². The molecule has 112 valence electrons. The summed E-state index contributed by atoms with van der Waals surface area (Å²) in [4.78, 5) is 2.34. The minimum absolute atomic E-state index is 0.0589.